The van der Waals surface area contributed by atoms with E-state index in [1.165, 1.54) is 0 Å². The van der Waals surface area contributed by atoms with Crippen LogP contribution in [0.25, 0.3) is 0 Å². The molecule has 0 spiro atoms. The maximum Gasteiger partial charge on any atom is 0.407 e. The molecular weight excluding hydrogens is 269 g/mol. The molecule has 1 rings (SSSR count). The van der Waals surface area contributed by atoms with Crippen molar-refractivity contribution in [2.75, 3.05) is 26.7 Å². The van der Waals surface area contributed by atoms with Gasteiger partial charge in [-0.3, -0.25) is 4.90 Å². The van der Waals surface area contributed by atoms with Crippen molar-refractivity contribution in [1.82, 2.24) is 15.6 Å². The minimum absolute atomic E-state index is 0.261. The van der Waals surface area contributed by atoms with E-state index < -0.39 is 12.7 Å². The average molecular weight is 294 g/mol. The van der Waals surface area contributed by atoms with Crippen molar-refractivity contribution in [3.63, 3.8) is 0 Å². The zero-order valence-corrected chi connectivity index (χ0v) is 12.8. The molecule has 1 atom stereocenters. The van der Waals surface area contributed by atoms with E-state index in [0.717, 1.165) is 13.1 Å². The molecule has 0 aliphatic carbocycles. The van der Waals surface area contributed by atoms with Gasteiger partial charge >= 0.3 is 6.18 Å². The maximum atomic E-state index is 12.1. The van der Waals surface area contributed by atoms with Gasteiger partial charge in [-0.25, -0.2) is 0 Å². The summed E-state index contributed by atoms with van der Waals surface area (Å²) in [5.74, 6) is 0.261. The van der Waals surface area contributed by atoms with Gasteiger partial charge in [0.25, 0.3) is 0 Å². The second kappa shape index (κ2) is 6.30. The van der Waals surface area contributed by atoms with Crippen molar-refractivity contribution in [3.05, 3.63) is 0 Å². The minimum Gasteiger partial charge on any atom is -0.315 e. The topological polar surface area (TPSA) is 39.7 Å². The van der Waals surface area contributed by atoms with Gasteiger partial charge in [-0.05, 0) is 26.8 Å². The fraction of sp³-hybridized carbons (Fsp3) is 0.923. The first-order valence-corrected chi connectivity index (χ1v) is 6.88. The molecule has 0 amide bonds. The predicted molar refractivity (Wildman–Crippen MR) is 74.8 cm³/mol. The molecular formula is C13H25F3N4. The van der Waals surface area contributed by atoms with Gasteiger partial charge in [-0.15, -0.1) is 0 Å². The van der Waals surface area contributed by atoms with E-state index in [2.05, 4.69) is 34.6 Å². The number of alkyl halides is 3. The summed E-state index contributed by atoms with van der Waals surface area (Å²) < 4.78 is 36.4. The van der Waals surface area contributed by atoms with E-state index >= 15 is 0 Å². The summed E-state index contributed by atoms with van der Waals surface area (Å²) in [7, 11) is 1.92. The van der Waals surface area contributed by atoms with E-state index in [1.807, 2.05) is 14.0 Å². The van der Waals surface area contributed by atoms with Crippen molar-refractivity contribution in [3.8, 4) is 0 Å². The molecule has 1 aliphatic heterocycles. The SMILES string of the molecule is CNC1CN(C(C)(/C(C)=N\NCC(F)(F)F)C(C)C)C1. The van der Waals surface area contributed by atoms with Crippen LogP contribution in [0, 0.1) is 5.92 Å². The predicted octanol–water partition coefficient (Wildman–Crippen LogP) is 1.83. The van der Waals surface area contributed by atoms with Crippen molar-refractivity contribution in [1.29, 1.82) is 0 Å². The third kappa shape index (κ3) is 3.85. The van der Waals surface area contributed by atoms with Crippen LogP contribution in [-0.4, -0.2) is 55.1 Å². The summed E-state index contributed by atoms with van der Waals surface area (Å²) in [6, 6.07) is 0.448. The lowest BCUT2D eigenvalue weighted by Gasteiger charge is -2.52. The van der Waals surface area contributed by atoms with Crippen LogP contribution in [0.15, 0.2) is 5.10 Å². The highest BCUT2D eigenvalue weighted by Crippen LogP contribution is 2.31. The molecule has 118 valence electrons. The molecule has 0 bridgehead atoms. The van der Waals surface area contributed by atoms with Crippen molar-refractivity contribution >= 4 is 5.71 Å². The van der Waals surface area contributed by atoms with E-state index in [9.17, 15) is 13.2 Å². The van der Waals surface area contributed by atoms with Crippen molar-refractivity contribution in [2.45, 2.75) is 45.5 Å². The molecule has 0 radical (unpaired) electrons. The fourth-order valence-corrected chi connectivity index (χ4v) is 2.41. The molecule has 2 N–H and O–H groups in total. The molecule has 1 aliphatic rings. The Morgan fingerprint density at radius 3 is 2.30 bits per heavy atom. The molecule has 1 fully saturated rings. The third-order valence-electron chi connectivity index (χ3n) is 4.33. The number of nitrogens with zero attached hydrogens (tertiary/aromatic N) is 2. The monoisotopic (exact) mass is 294 g/mol. The Balaban J connectivity index is 2.72. The Bertz CT molecular complexity index is 348. The van der Waals surface area contributed by atoms with Crippen LogP contribution in [0.2, 0.25) is 0 Å². The number of likely N-dealkylation sites (N-methyl/N-ethyl adjacent to an activating group) is 1. The lowest BCUT2D eigenvalue weighted by Crippen LogP contribution is -2.68. The molecule has 0 aromatic heterocycles. The molecule has 20 heavy (non-hydrogen) atoms. The van der Waals surface area contributed by atoms with Crippen LogP contribution in [0.3, 0.4) is 0 Å². The van der Waals surface area contributed by atoms with E-state index in [0.29, 0.717) is 11.8 Å². The zero-order valence-electron chi connectivity index (χ0n) is 12.8. The van der Waals surface area contributed by atoms with Crippen LogP contribution >= 0.6 is 0 Å². The van der Waals surface area contributed by atoms with Crippen molar-refractivity contribution < 1.29 is 13.2 Å². The van der Waals surface area contributed by atoms with Crippen LogP contribution in [0.4, 0.5) is 13.2 Å². The summed E-state index contributed by atoms with van der Waals surface area (Å²) in [6.45, 7) is 8.63. The summed E-state index contributed by atoms with van der Waals surface area (Å²) in [5.41, 5.74) is 2.49. The summed E-state index contributed by atoms with van der Waals surface area (Å²) >= 11 is 0. The van der Waals surface area contributed by atoms with Crippen LogP contribution in [0.1, 0.15) is 27.7 Å². The number of rotatable bonds is 6. The largest absolute Gasteiger partial charge is 0.407 e. The maximum absolute atomic E-state index is 12.1. The lowest BCUT2D eigenvalue weighted by molar-refractivity contribution is -0.124. The number of likely N-dealkylation sites (tertiary alicyclic amines) is 1. The van der Waals surface area contributed by atoms with E-state index in [1.54, 1.807) is 6.92 Å². The summed E-state index contributed by atoms with van der Waals surface area (Å²) in [4.78, 5) is 2.26. The molecule has 7 heteroatoms. The highest BCUT2D eigenvalue weighted by atomic mass is 19.4. The Morgan fingerprint density at radius 2 is 1.90 bits per heavy atom. The molecule has 0 saturated carbocycles. The Morgan fingerprint density at radius 1 is 1.35 bits per heavy atom. The molecule has 0 aromatic rings. The fourth-order valence-electron chi connectivity index (χ4n) is 2.41. The quantitative estimate of drug-likeness (QED) is 0.580. The number of hydrazone groups is 1. The lowest BCUT2D eigenvalue weighted by atomic mass is 9.80. The first-order chi connectivity index (χ1) is 9.11. The summed E-state index contributed by atoms with van der Waals surface area (Å²) in [5, 5.41) is 7.14. The molecule has 1 saturated heterocycles. The summed E-state index contributed by atoms with van der Waals surface area (Å²) in [6.07, 6.45) is -4.24. The van der Waals surface area contributed by atoms with Crippen LogP contribution < -0.4 is 10.7 Å². The first kappa shape index (κ1) is 17.2. The number of hydrogen-bond acceptors (Lipinski definition) is 4. The van der Waals surface area contributed by atoms with Crippen LogP contribution in [-0.2, 0) is 0 Å². The van der Waals surface area contributed by atoms with Gasteiger partial charge in [0.1, 0.15) is 6.54 Å². The highest BCUT2D eigenvalue weighted by Gasteiger charge is 2.44. The second-order valence-corrected chi connectivity index (χ2v) is 5.84. The van der Waals surface area contributed by atoms with E-state index in [-0.39, 0.29) is 11.5 Å². The Hall–Kier alpha value is -0.820. The van der Waals surface area contributed by atoms with Gasteiger partial charge in [0.15, 0.2) is 0 Å². The van der Waals surface area contributed by atoms with Gasteiger partial charge in [-0.1, -0.05) is 13.8 Å². The van der Waals surface area contributed by atoms with Gasteiger partial charge in [0.05, 0.1) is 11.3 Å². The van der Waals surface area contributed by atoms with Crippen LogP contribution in [0.5, 0.6) is 0 Å². The van der Waals surface area contributed by atoms with Gasteiger partial charge < -0.3 is 10.7 Å². The third-order valence-corrected chi connectivity index (χ3v) is 4.33. The van der Waals surface area contributed by atoms with Gasteiger partial charge in [0.2, 0.25) is 0 Å². The number of hydrogen-bond donors (Lipinski definition) is 2. The zero-order chi connectivity index (χ0) is 15.6. The standard InChI is InChI=1S/C13H25F3N4/c1-9(2)12(4,20-6-11(7-20)17-5)10(3)19-18-8-13(14,15)16/h9,11,17-18H,6-8H2,1-5H3/b19-10-. The average Bonchev–Trinajstić information content (AvgIpc) is 2.24. The minimum atomic E-state index is -4.24. The molecule has 1 unspecified atom stereocenters. The van der Waals surface area contributed by atoms with Gasteiger partial charge in [-0.2, -0.15) is 18.3 Å². The first-order valence-electron chi connectivity index (χ1n) is 6.88. The second-order valence-electron chi connectivity index (χ2n) is 5.84. The normalized spacial score (nSPS) is 21.8. The van der Waals surface area contributed by atoms with E-state index in [4.69, 9.17) is 0 Å². The highest BCUT2D eigenvalue weighted by molar-refractivity contribution is 5.91. The molecule has 1 heterocycles. The number of halogens is 3. The Kier molecular flexibility index (Phi) is 5.43. The molecule has 4 nitrogen and oxygen atoms in total. The van der Waals surface area contributed by atoms with Gasteiger partial charge in [0, 0.05) is 19.1 Å². The number of nitrogens with one attached hydrogen (secondary N) is 2. The molecule has 0 aromatic carbocycles. The smallest absolute Gasteiger partial charge is 0.315 e. The Labute approximate surface area is 118 Å². The van der Waals surface area contributed by atoms with Crippen molar-refractivity contribution in [2.24, 2.45) is 11.0 Å².